The summed E-state index contributed by atoms with van der Waals surface area (Å²) in [6.45, 7) is 5.88. The summed E-state index contributed by atoms with van der Waals surface area (Å²) in [5.41, 5.74) is 0.781. The molecule has 1 aromatic carbocycles. The molecule has 2 N–H and O–H groups in total. The van der Waals surface area contributed by atoms with Gasteiger partial charge in [-0.3, -0.25) is 4.79 Å². The lowest BCUT2D eigenvalue weighted by molar-refractivity contribution is -0.141. The van der Waals surface area contributed by atoms with Crippen LogP contribution in [-0.2, 0) is 16.1 Å². The molecule has 0 radical (unpaired) electrons. The van der Waals surface area contributed by atoms with Gasteiger partial charge in [0.2, 0.25) is 0 Å². The number of piperidine rings is 1. The molecule has 7 nitrogen and oxygen atoms in total. The normalized spacial score (nSPS) is 24.3. The number of ether oxygens (including phenoxy) is 1. The number of hydrogen-bond acceptors (Lipinski definition) is 5. The number of rotatable bonds is 11. The van der Waals surface area contributed by atoms with Crippen molar-refractivity contribution in [1.29, 1.82) is 0 Å². The first-order valence-electron chi connectivity index (χ1n) is 14.8. The van der Waals surface area contributed by atoms with E-state index in [0.29, 0.717) is 18.5 Å². The topological polar surface area (TPSA) is 82.1 Å². The van der Waals surface area contributed by atoms with Gasteiger partial charge in [-0.25, -0.2) is 9.18 Å². The molecule has 3 fully saturated rings. The molecule has 3 unspecified atom stereocenters. The number of aliphatic carboxylic acids is 1. The van der Waals surface area contributed by atoms with Crippen molar-refractivity contribution in [3.63, 3.8) is 0 Å². The number of amides is 1. The average molecular weight is 532 g/mol. The van der Waals surface area contributed by atoms with Gasteiger partial charge in [-0.15, -0.1) is 0 Å². The minimum Gasteiger partial charge on any atom is -0.480 e. The number of nitrogens with one attached hydrogen (secondary N) is 1. The zero-order valence-electron chi connectivity index (χ0n) is 23.0. The Kier molecular flexibility index (Phi) is 10.8. The number of likely N-dealkylation sites (tertiary alicyclic amines) is 1. The van der Waals surface area contributed by atoms with E-state index in [0.717, 1.165) is 89.4 Å². The smallest absolute Gasteiger partial charge is 0.410 e. The highest BCUT2D eigenvalue weighted by Gasteiger charge is 2.35. The molecule has 8 heteroatoms. The molecule has 212 valence electrons. The molecule has 3 aliphatic rings. The van der Waals surface area contributed by atoms with E-state index in [-0.39, 0.29) is 30.5 Å². The summed E-state index contributed by atoms with van der Waals surface area (Å²) in [4.78, 5) is 29.3. The van der Waals surface area contributed by atoms with Crippen molar-refractivity contribution in [2.45, 2.75) is 102 Å². The molecule has 0 bridgehead atoms. The van der Waals surface area contributed by atoms with Crippen molar-refractivity contribution in [3.05, 3.63) is 35.6 Å². The van der Waals surface area contributed by atoms with Gasteiger partial charge in [-0.2, -0.15) is 0 Å². The van der Waals surface area contributed by atoms with Crippen LogP contribution in [0.3, 0.4) is 0 Å². The van der Waals surface area contributed by atoms with Gasteiger partial charge < -0.3 is 25.0 Å². The maximum absolute atomic E-state index is 13.1. The first-order valence-corrected chi connectivity index (χ1v) is 14.8. The fourth-order valence-electron chi connectivity index (χ4n) is 6.77. The van der Waals surface area contributed by atoms with Gasteiger partial charge >= 0.3 is 12.1 Å². The highest BCUT2D eigenvalue weighted by Crippen LogP contribution is 2.31. The summed E-state index contributed by atoms with van der Waals surface area (Å²) in [6.07, 6.45) is 11.3. The number of benzene rings is 1. The van der Waals surface area contributed by atoms with Crippen LogP contribution >= 0.6 is 0 Å². The number of halogens is 1. The van der Waals surface area contributed by atoms with Crippen molar-refractivity contribution >= 4 is 12.1 Å². The third-order valence-corrected chi connectivity index (χ3v) is 8.83. The molecule has 3 atom stereocenters. The van der Waals surface area contributed by atoms with Gasteiger partial charge in [0.25, 0.3) is 0 Å². The van der Waals surface area contributed by atoms with Crippen molar-refractivity contribution in [2.24, 2.45) is 11.8 Å². The summed E-state index contributed by atoms with van der Waals surface area (Å²) >= 11 is 0. The lowest BCUT2D eigenvalue weighted by atomic mass is 9.83. The standard InChI is InChI=1S/C30H46FN3O4/c1-2-16-34(30(37)38-21-22-8-11-25(31)12-9-22)27-14-17-33(18-15-27)20-23-10-13-26(19-23)32-28(29(35)36)24-6-4-3-5-7-24/h8-9,11-12,23-24,26-28,32H,2-7,10,13-21H2,1H3,(H,35,36). The number of hydrogen-bond donors (Lipinski definition) is 2. The Balaban J connectivity index is 1.20. The molecule has 2 saturated carbocycles. The Bertz CT molecular complexity index is 884. The SMILES string of the molecule is CCCN(C(=O)OCc1ccc(F)cc1)C1CCN(CC2CCC(NC(C(=O)O)C3CCCCC3)C2)CC1. The van der Waals surface area contributed by atoms with Gasteiger partial charge in [0.1, 0.15) is 18.5 Å². The van der Waals surface area contributed by atoms with Crippen molar-refractivity contribution < 1.29 is 23.8 Å². The molecule has 1 aromatic rings. The van der Waals surface area contributed by atoms with Gasteiger partial charge in [-0.05, 0) is 80.9 Å². The van der Waals surface area contributed by atoms with Gasteiger partial charge in [0, 0.05) is 38.3 Å². The highest BCUT2D eigenvalue weighted by atomic mass is 19.1. The van der Waals surface area contributed by atoms with Crippen molar-refractivity contribution in [2.75, 3.05) is 26.2 Å². The van der Waals surface area contributed by atoms with Crippen LogP contribution in [0.15, 0.2) is 24.3 Å². The molecule has 0 spiro atoms. The van der Waals surface area contributed by atoms with E-state index in [9.17, 15) is 19.1 Å². The second kappa shape index (κ2) is 14.3. The van der Waals surface area contributed by atoms with Crippen LogP contribution in [0.1, 0.15) is 83.1 Å². The number of carboxylic acid groups (broad SMARTS) is 1. The van der Waals surface area contributed by atoms with E-state index in [4.69, 9.17) is 4.74 Å². The van der Waals surface area contributed by atoms with E-state index in [2.05, 4.69) is 17.1 Å². The second-order valence-electron chi connectivity index (χ2n) is 11.7. The number of carbonyl (C=O) groups is 2. The molecular weight excluding hydrogens is 485 g/mol. The zero-order chi connectivity index (χ0) is 26.9. The van der Waals surface area contributed by atoms with E-state index < -0.39 is 12.0 Å². The van der Waals surface area contributed by atoms with Crippen LogP contribution in [-0.4, -0.2) is 71.3 Å². The van der Waals surface area contributed by atoms with Crippen molar-refractivity contribution in [1.82, 2.24) is 15.1 Å². The third kappa shape index (κ3) is 8.15. The van der Waals surface area contributed by atoms with E-state index >= 15 is 0 Å². The zero-order valence-corrected chi connectivity index (χ0v) is 23.0. The Labute approximate surface area is 227 Å². The van der Waals surface area contributed by atoms with Gasteiger partial charge in [0.05, 0.1) is 0 Å². The lowest BCUT2D eigenvalue weighted by Crippen LogP contribution is -2.49. The summed E-state index contributed by atoms with van der Waals surface area (Å²) in [6, 6.07) is 6.13. The molecular formula is C30H46FN3O4. The quantitative estimate of drug-likeness (QED) is 0.396. The van der Waals surface area contributed by atoms with Crippen LogP contribution in [0.2, 0.25) is 0 Å². The molecule has 4 rings (SSSR count). The van der Waals surface area contributed by atoms with Gasteiger partial charge in [-0.1, -0.05) is 38.3 Å². The van der Waals surface area contributed by atoms with Gasteiger partial charge in [0.15, 0.2) is 0 Å². The molecule has 1 amide bonds. The molecule has 1 heterocycles. The first-order chi connectivity index (χ1) is 18.4. The molecule has 2 aliphatic carbocycles. The fourth-order valence-corrected chi connectivity index (χ4v) is 6.77. The number of carboxylic acids is 1. The van der Waals surface area contributed by atoms with Crippen molar-refractivity contribution in [3.8, 4) is 0 Å². The number of nitrogens with zero attached hydrogens (tertiary/aromatic N) is 2. The summed E-state index contributed by atoms with van der Waals surface area (Å²) in [5.74, 6) is -0.118. The summed E-state index contributed by atoms with van der Waals surface area (Å²) < 4.78 is 18.7. The average Bonchev–Trinajstić information content (AvgIpc) is 3.37. The Morgan fingerprint density at radius 3 is 2.45 bits per heavy atom. The maximum atomic E-state index is 13.1. The van der Waals surface area contributed by atoms with E-state index in [1.165, 1.54) is 18.6 Å². The maximum Gasteiger partial charge on any atom is 0.410 e. The van der Waals surface area contributed by atoms with Crippen LogP contribution in [0.5, 0.6) is 0 Å². The number of carbonyl (C=O) groups excluding carboxylic acids is 1. The highest BCUT2D eigenvalue weighted by molar-refractivity contribution is 5.74. The summed E-state index contributed by atoms with van der Waals surface area (Å²) in [7, 11) is 0. The molecule has 1 saturated heterocycles. The monoisotopic (exact) mass is 531 g/mol. The molecule has 38 heavy (non-hydrogen) atoms. The van der Waals surface area contributed by atoms with Crippen LogP contribution < -0.4 is 5.32 Å². The minimum atomic E-state index is -0.685. The predicted octanol–water partition coefficient (Wildman–Crippen LogP) is 5.43. The summed E-state index contributed by atoms with van der Waals surface area (Å²) in [5, 5.41) is 13.4. The fraction of sp³-hybridized carbons (Fsp3) is 0.733. The molecule has 1 aliphatic heterocycles. The Morgan fingerprint density at radius 1 is 1.08 bits per heavy atom. The second-order valence-corrected chi connectivity index (χ2v) is 11.7. The van der Waals surface area contributed by atoms with Crippen LogP contribution in [0, 0.1) is 17.7 Å². The van der Waals surface area contributed by atoms with Crippen LogP contribution in [0.25, 0.3) is 0 Å². The first kappa shape index (κ1) is 28.8. The molecule has 0 aromatic heterocycles. The largest absolute Gasteiger partial charge is 0.480 e. The minimum absolute atomic E-state index is 0.151. The Hall–Kier alpha value is -2.19. The third-order valence-electron chi connectivity index (χ3n) is 8.83. The van der Waals surface area contributed by atoms with E-state index in [1.54, 1.807) is 12.1 Å². The Morgan fingerprint density at radius 2 is 1.79 bits per heavy atom. The van der Waals surface area contributed by atoms with Crippen LogP contribution in [0.4, 0.5) is 9.18 Å². The lowest BCUT2D eigenvalue weighted by Gasteiger charge is -2.38. The van der Waals surface area contributed by atoms with E-state index in [1.807, 2.05) is 4.90 Å². The predicted molar refractivity (Wildman–Crippen MR) is 145 cm³/mol.